The number of hydrogen-bond donors (Lipinski definition) is 1. The molecule has 0 aromatic carbocycles. The Kier molecular flexibility index (Phi) is 59.6. The first-order valence-corrected chi connectivity index (χ1v) is 1.41. The van der Waals surface area contributed by atoms with E-state index in [1.807, 2.05) is 0 Å². The zero-order valence-electron chi connectivity index (χ0n) is 4.97. The van der Waals surface area contributed by atoms with Crippen molar-refractivity contribution in [2.24, 2.45) is 0 Å². The third-order valence-corrected chi connectivity index (χ3v) is 0. The topological polar surface area (TPSA) is 81.7 Å². The van der Waals surface area contributed by atoms with Crippen LogP contribution >= 0.6 is 0 Å². The normalized spacial score (nSPS) is 5.14. The van der Waals surface area contributed by atoms with E-state index in [4.69, 9.17) is 5.11 Å². The average Bonchev–Trinajstić information content (AvgIpc) is 0.811. The fraction of sp³-hybridized carbons (Fsp3) is 1.00. The van der Waals surface area contributed by atoms with E-state index in [0.717, 1.165) is 0 Å². The first-order chi connectivity index (χ1) is 1.73. The summed E-state index contributed by atoms with van der Waals surface area (Å²) >= 11 is 0. The molecule has 4 N–H and O–H groups in total. The molecule has 0 aliphatic carbocycles. The van der Waals surface area contributed by atoms with Crippen molar-refractivity contribution < 1.29 is 34.9 Å². The second-order valence-corrected chi connectivity index (χ2v) is 1.09. The van der Waals surface area contributed by atoms with Gasteiger partial charge in [-0.3, -0.25) is 0 Å². The summed E-state index contributed by atoms with van der Waals surface area (Å²) in [6, 6.07) is 0. The predicted molar refractivity (Wildman–Crippen MR) is 22.9 cm³/mol. The van der Waals surface area contributed by atoms with Crippen LogP contribution in [-0.2, 0) is 0 Å². The number of rotatable bonds is 0. The van der Waals surface area contributed by atoms with Crippen LogP contribution in [0.2, 0.25) is 0 Å². The summed E-state index contributed by atoms with van der Waals surface area (Å²) in [5.41, 5.74) is 0. The van der Waals surface area contributed by atoms with E-state index in [2.05, 4.69) is 0 Å². The van der Waals surface area contributed by atoms with Crippen LogP contribution in [0.25, 0.3) is 0 Å². The molecule has 0 fully saturated rings. The maximum absolute atomic E-state index is 8.06. The van der Waals surface area contributed by atoms with E-state index >= 15 is 0 Å². The maximum Gasteiger partial charge on any atom is 1.00 e. The van der Waals surface area contributed by atoms with Crippen LogP contribution in [0.4, 0.5) is 0 Å². The summed E-state index contributed by atoms with van der Waals surface area (Å²) in [7, 11) is 0. The van der Waals surface area contributed by atoms with Crippen molar-refractivity contribution in [1.82, 2.24) is 0 Å². The Bertz CT molecular complexity index is 14.9. The fourth-order valence-corrected chi connectivity index (χ4v) is 0. The molecule has 0 aliphatic heterocycles. The van der Waals surface area contributed by atoms with Gasteiger partial charge in [0.05, 0.1) is 0 Å². The van der Waals surface area contributed by atoms with Gasteiger partial charge in [-0.05, 0) is 13.8 Å². The molecule has 0 atom stereocenters. The van der Waals surface area contributed by atoms with Gasteiger partial charge in [-0.2, -0.15) is 0 Å². The third kappa shape index (κ3) is 570. The van der Waals surface area contributed by atoms with Gasteiger partial charge in [0, 0.05) is 6.10 Å². The SMILES string of the molecule is CC(C)O.O.[Li+].[OH-]. The van der Waals surface area contributed by atoms with Gasteiger partial charge in [0.15, 0.2) is 0 Å². The largest absolute Gasteiger partial charge is 1.00 e. The summed E-state index contributed by atoms with van der Waals surface area (Å²) in [5, 5.41) is 8.06. The van der Waals surface area contributed by atoms with Crippen LogP contribution in [0.5, 0.6) is 0 Å². The van der Waals surface area contributed by atoms with Gasteiger partial charge in [0.1, 0.15) is 0 Å². The molecular weight excluding hydrogens is 91.0 g/mol. The molecule has 4 heteroatoms. The third-order valence-electron chi connectivity index (χ3n) is 0. The first-order valence-electron chi connectivity index (χ1n) is 1.41. The minimum Gasteiger partial charge on any atom is -0.870 e. The van der Waals surface area contributed by atoms with E-state index in [1.54, 1.807) is 13.8 Å². The Hall–Kier alpha value is 0.477. The van der Waals surface area contributed by atoms with Gasteiger partial charge in [-0.1, -0.05) is 0 Å². The van der Waals surface area contributed by atoms with Crippen molar-refractivity contribution in [2.45, 2.75) is 20.0 Å². The Balaban J connectivity index is -0.0000000150. The van der Waals surface area contributed by atoms with Gasteiger partial charge in [0.25, 0.3) is 0 Å². The molecular formula is C3H11LiO3. The second-order valence-electron chi connectivity index (χ2n) is 1.09. The molecule has 0 bridgehead atoms. The van der Waals surface area contributed by atoms with Gasteiger partial charge in [-0.15, -0.1) is 0 Å². The van der Waals surface area contributed by atoms with Crippen LogP contribution in [0.1, 0.15) is 13.8 Å². The summed E-state index contributed by atoms with van der Waals surface area (Å²) < 4.78 is 0. The Morgan fingerprint density at radius 3 is 1.29 bits per heavy atom. The molecule has 0 aromatic rings. The van der Waals surface area contributed by atoms with Crippen molar-refractivity contribution in [1.29, 1.82) is 0 Å². The number of hydrogen-bond acceptors (Lipinski definition) is 2. The van der Waals surface area contributed by atoms with Gasteiger partial charge >= 0.3 is 18.9 Å². The summed E-state index contributed by atoms with van der Waals surface area (Å²) in [6.07, 6.45) is -0.167. The fourth-order valence-electron chi connectivity index (χ4n) is 0. The number of aliphatic hydroxyl groups excluding tert-OH is 1. The molecule has 0 heterocycles. The monoisotopic (exact) mass is 102 g/mol. The Morgan fingerprint density at radius 1 is 1.29 bits per heavy atom. The molecule has 42 valence electrons. The molecule has 0 spiro atoms. The molecule has 3 nitrogen and oxygen atoms in total. The molecule has 0 amide bonds. The van der Waals surface area contributed by atoms with E-state index in [-0.39, 0.29) is 35.9 Å². The summed E-state index contributed by atoms with van der Waals surface area (Å²) in [5.74, 6) is 0. The van der Waals surface area contributed by atoms with E-state index < -0.39 is 0 Å². The first kappa shape index (κ1) is 25.9. The molecule has 0 rings (SSSR count). The van der Waals surface area contributed by atoms with Crippen LogP contribution in [0, 0.1) is 0 Å². The van der Waals surface area contributed by atoms with Crippen molar-refractivity contribution in [2.75, 3.05) is 0 Å². The summed E-state index contributed by atoms with van der Waals surface area (Å²) in [4.78, 5) is 0. The summed E-state index contributed by atoms with van der Waals surface area (Å²) in [6.45, 7) is 3.44. The van der Waals surface area contributed by atoms with E-state index in [9.17, 15) is 0 Å². The van der Waals surface area contributed by atoms with Crippen molar-refractivity contribution in [3.05, 3.63) is 0 Å². The van der Waals surface area contributed by atoms with E-state index in [0.29, 0.717) is 0 Å². The van der Waals surface area contributed by atoms with Crippen molar-refractivity contribution in [3.8, 4) is 0 Å². The number of aliphatic hydroxyl groups is 1. The van der Waals surface area contributed by atoms with Crippen LogP contribution in [0.3, 0.4) is 0 Å². The quantitative estimate of drug-likeness (QED) is 0.320. The smallest absolute Gasteiger partial charge is 0.870 e. The Labute approximate surface area is 55.5 Å². The van der Waals surface area contributed by atoms with Crippen LogP contribution < -0.4 is 18.9 Å². The maximum atomic E-state index is 8.06. The molecule has 0 radical (unpaired) electrons. The molecule has 0 aliphatic rings. The minimum absolute atomic E-state index is 0. The van der Waals surface area contributed by atoms with Crippen LogP contribution in [-0.4, -0.2) is 22.2 Å². The zero-order chi connectivity index (χ0) is 3.58. The van der Waals surface area contributed by atoms with E-state index in [1.165, 1.54) is 0 Å². The minimum atomic E-state index is -0.167. The predicted octanol–water partition coefficient (Wildman–Crippen LogP) is -3.61. The van der Waals surface area contributed by atoms with Gasteiger partial charge in [0.2, 0.25) is 0 Å². The standard InChI is InChI=1S/C3H8O.Li.2H2O/c1-3(2)4;;;/h3-4H,1-2H3;;2*1H2/q;+1;;/p-1. The van der Waals surface area contributed by atoms with Crippen molar-refractivity contribution >= 4 is 0 Å². The Morgan fingerprint density at radius 2 is 1.29 bits per heavy atom. The molecule has 0 aromatic heterocycles. The van der Waals surface area contributed by atoms with Crippen LogP contribution in [0.15, 0.2) is 0 Å². The molecule has 7 heavy (non-hydrogen) atoms. The molecule has 0 unspecified atom stereocenters. The second kappa shape index (κ2) is 16.1. The van der Waals surface area contributed by atoms with Crippen molar-refractivity contribution in [3.63, 3.8) is 0 Å². The van der Waals surface area contributed by atoms with Gasteiger partial charge < -0.3 is 16.1 Å². The molecule has 0 saturated heterocycles. The average molecular weight is 102 g/mol. The zero-order valence-corrected chi connectivity index (χ0v) is 4.97. The van der Waals surface area contributed by atoms with Gasteiger partial charge in [-0.25, -0.2) is 0 Å². The molecule has 0 saturated carbocycles.